The first-order chi connectivity index (χ1) is 16.5. The lowest BCUT2D eigenvalue weighted by Gasteiger charge is -2.59. The van der Waals surface area contributed by atoms with Gasteiger partial charge >= 0.3 is 29.8 Å². The Morgan fingerprint density at radius 3 is 2.26 bits per heavy atom. The predicted molar refractivity (Wildman–Crippen MR) is 111 cm³/mol. The summed E-state index contributed by atoms with van der Waals surface area (Å²) in [6.07, 6.45) is 4.42. The zero-order valence-electron chi connectivity index (χ0n) is 19.7. The van der Waals surface area contributed by atoms with Crippen molar-refractivity contribution in [1.29, 1.82) is 0 Å². The molecular formula is C25H30F2O8. The van der Waals surface area contributed by atoms with Crippen LogP contribution in [-0.4, -0.2) is 54.2 Å². The topological polar surface area (TPSA) is 105 Å². The highest BCUT2D eigenvalue weighted by Crippen LogP contribution is 2.62. The minimum atomic E-state index is -3.73. The predicted octanol–water partition coefficient (Wildman–Crippen LogP) is 2.66. The Balaban J connectivity index is 1.16. The van der Waals surface area contributed by atoms with Crippen molar-refractivity contribution in [1.82, 2.24) is 0 Å². The molecule has 0 N–H and O–H groups in total. The van der Waals surface area contributed by atoms with Crippen LogP contribution >= 0.6 is 0 Å². The van der Waals surface area contributed by atoms with E-state index < -0.39 is 72.0 Å². The molecule has 6 bridgehead atoms. The highest BCUT2D eigenvalue weighted by molar-refractivity contribution is 5.86. The van der Waals surface area contributed by atoms with E-state index in [2.05, 4.69) is 4.74 Å². The van der Waals surface area contributed by atoms with E-state index in [0.29, 0.717) is 37.0 Å². The summed E-state index contributed by atoms with van der Waals surface area (Å²) in [5, 5.41) is 0. The van der Waals surface area contributed by atoms with Gasteiger partial charge in [0.05, 0.1) is 11.8 Å². The van der Waals surface area contributed by atoms with Crippen LogP contribution in [0.25, 0.3) is 0 Å². The summed E-state index contributed by atoms with van der Waals surface area (Å²) < 4.78 is 47.5. The second-order valence-electron chi connectivity index (χ2n) is 11.8. The molecule has 0 aromatic carbocycles. The van der Waals surface area contributed by atoms with Crippen LogP contribution in [0.4, 0.5) is 8.78 Å². The first-order valence-corrected chi connectivity index (χ1v) is 12.6. The molecule has 0 amide bonds. The van der Waals surface area contributed by atoms with Crippen LogP contribution < -0.4 is 0 Å². The lowest BCUT2D eigenvalue weighted by molar-refractivity contribution is -0.211. The third-order valence-electron chi connectivity index (χ3n) is 9.84. The fraction of sp³-hybridized carbons (Fsp3) is 0.840. The Kier molecular flexibility index (Phi) is 5.04. The van der Waals surface area contributed by atoms with E-state index in [-0.39, 0.29) is 5.92 Å². The van der Waals surface area contributed by atoms with Crippen LogP contribution in [-0.2, 0) is 38.1 Å². The van der Waals surface area contributed by atoms with Gasteiger partial charge in [-0.25, -0.2) is 9.59 Å². The van der Waals surface area contributed by atoms with Crippen LogP contribution in [0.5, 0.6) is 0 Å². The van der Waals surface area contributed by atoms with Crippen LogP contribution in [0, 0.1) is 47.3 Å². The number of carbonyl (C=O) groups is 4. The van der Waals surface area contributed by atoms with Crippen LogP contribution in [0.15, 0.2) is 0 Å². The van der Waals surface area contributed by atoms with Gasteiger partial charge in [0.2, 0.25) is 0 Å². The molecule has 6 unspecified atom stereocenters. The summed E-state index contributed by atoms with van der Waals surface area (Å²) in [6, 6.07) is 0. The second-order valence-corrected chi connectivity index (χ2v) is 11.8. The van der Waals surface area contributed by atoms with Crippen molar-refractivity contribution in [2.45, 2.75) is 76.1 Å². The minimum absolute atomic E-state index is 0.267. The van der Waals surface area contributed by atoms with E-state index in [1.54, 1.807) is 0 Å². The quantitative estimate of drug-likeness (QED) is 0.408. The summed E-state index contributed by atoms with van der Waals surface area (Å²) in [5.74, 6) is -7.59. The third-order valence-corrected chi connectivity index (χ3v) is 9.84. The van der Waals surface area contributed by atoms with Gasteiger partial charge in [0.15, 0.2) is 6.61 Å². The van der Waals surface area contributed by atoms with Crippen molar-refractivity contribution in [3.63, 3.8) is 0 Å². The van der Waals surface area contributed by atoms with E-state index >= 15 is 0 Å². The third kappa shape index (κ3) is 3.49. The molecule has 7 rings (SSSR count). The molecule has 8 nitrogen and oxygen atoms in total. The fourth-order valence-corrected chi connectivity index (χ4v) is 8.48. The summed E-state index contributed by atoms with van der Waals surface area (Å²) in [6.45, 7) is 1.42. The van der Waals surface area contributed by atoms with Crippen LogP contribution in [0.1, 0.15) is 52.4 Å². The molecule has 192 valence electrons. The van der Waals surface area contributed by atoms with Gasteiger partial charge in [0.25, 0.3) is 0 Å². The summed E-state index contributed by atoms with van der Waals surface area (Å²) in [7, 11) is 0. The Morgan fingerprint density at radius 1 is 1.03 bits per heavy atom. The molecular weight excluding hydrogens is 466 g/mol. The smallest absolute Gasteiger partial charge is 0.377 e. The number of halogens is 2. The molecule has 1 aliphatic heterocycles. The average Bonchev–Trinajstić information content (AvgIpc) is 3.38. The van der Waals surface area contributed by atoms with Gasteiger partial charge in [-0.05, 0) is 69.1 Å². The molecule has 7 aliphatic rings. The maximum atomic E-state index is 13.6. The Labute approximate surface area is 201 Å². The van der Waals surface area contributed by atoms with Gasteiger partial charge in [-0.15, -0.1) is 0 Å². The maximum absolute atomic E-state index is 13.6. The van der Waals surface area contributed by atoms with Gasteiger partial charge in [-0.3, -0.25) is 9.59 Å². The maximum Gasteiger partial charge on any atom is 0.377 e. The zero-order valence-corrected chi connectivity index (χ0v) is 19.7. The molecule has 0 radical (unpaired) electrons. The molecule has 6 saturated carbocycles. The molecule has 0 aromatic heterocycles. The van der Waals surface area contributed by atoms with E-state index in [4.69, 9.17) is 14.2 Å². The van der Waals surface area contributed by atoms with Gasteiger partial charge in [0.1, 0.15) is 17.8 Å². The molecule has 10 heteroatoms. The Bertz CT molecular complexity index is 945. The first kappa shape index (κ1) is 23.2. The Hall–Kier alpha value is -2.26. The van der Waals surface area contributed by atoms with E-state index in [1.165, 1.54) is 6.42 Å². The number of ether oxygens (including phenoxy) is 4. The van der Waals surface area contributed by atoms with Crippen molar-refractivity contribution in [2.75, 3.05) is 6.61 Å². The molecule has 1 saturated heterocycles. The van der Waals surface area contributed by atoms with E-state index in [9.17, 15) is 28.0 Å². The first-order valence-electron chi connectivity index (χ1n) is 12.6. The van der Waals surface area contributed by atoms with Crippen molar-refractivity contribution >= 4 is 23.9 Å². The van der Waals surface area contributed by atoms with Crippen LogP contribution in [0.3, 0.4) is 0 Å². The molecule has 6 atom stereocenters. The zero-order chi connectivity index (χ0) is 24.9. The number of alkyl halides is 2. The summed E-state index contributed by atoms with van der Waals surface area (Å²) in [5.41, 5.74) is -0.556. The largest absolute Gasteiger partial charge is 0.459 e. The molecule has 0 aromatic rings. The molecule has 6 aliphatic carbocycles. The molecule has 0 spiro atoms. The number of esters is 4. The monoisotopic (exact) mass is 496 g/mol. The number of fused-ring (bicyclic) bond motifs is 1. The highest BCUT2D eigenvalue weighted by atomic mass is 19.3. The molecule has 35 heavy (non-hydrogen) atoms. The number of rotatable bonds is 6. The van der Waals surface area contributed by atoms with Crippen molar-refractivity contribution in [3.8, 4) is 0 Å². The lowest BCUT2D eigenvalue weighted by atomic mass is 9.50. The van der Waals surface area contributed by atoms with Gasteiger partial charge in [-0.2, -0.15) is 8.78 Å². The molecule has 1 heterocycles. The minimum Gasteiger partial charge on any atom is -0.459 e. The van der Waals surface area contributed by atoms with Crippen molar-refractivity contribution in [2.24, 2.45) is 47.3 Å². The highest BCUT2D eigenvalue weighted by Gasteiger charge is 2.71. The summed E-state index contributed by atoms with van der Waals surface area (Å²) >= 11 is 0. The standard InChI is InChI=1S/C25H30F2O8/c1-24(12-4-10-3-11(6-12)7-13(24)5-10)35-22(30)18-15-8-14-17(18)21(29)34-20(14)19(15)33-16(28)9-32-23(31)25(2,26)27/h10-15,17-20H,3-9H2,1-2H3. The number of hydrogen-bond acceptors (Lipinski definition) is 8. The van der Waals surface area contributed by atoms with Gasteiger partial charge in [-0.1, -0.05) is 0 Å². The van der Waals surface area contributed by atoms with Gasteiger partial charge < -0.3 is 18.9 Å². The van der Waals surface area contributed by atoms with Crippen LogP contribution in [0.2, 0.25) is 0 Å². The van der Waals surface area contributed by atoms with Crippen molar-refractivity contribution < 1.29 is 46.9 Å². The Morgan fingerprint density at radius 2 is 1.66 bits per heavy atom. The summed E-state index contributed by atoms with van der Waals surface area (Å²) in [4.78, 5) is 49.8. The van der Waals surface area contributed by atoms with Crippen molar-refractivity contribution in [3.05, 3.63) is 0 Å². The lowest BCUT2D eigenvalue weighted by Crippen LogP contribution is -2.59. The van der Waals surface area contributed by atoms with E-state index in [0.717, 1.165) is 25.7 Å². The molecule has 7 fully saturated rings. The normalized spacial score (nSPS) is 46.5. The number of hydrogen-bond donors (Lipinski definition) is 0. The van der Waals surface area contributed by atoms with Gasteiger partial charge in [0, 0.05) is 18.8 Å². The number of carbonyl (C=O) groups excluding carboxylic acids is 4. The average molecular weight is 497 g/mol. The SMILES string of the molecule is CC(F)(F)C(=O)OCC(=O)OC1C2CC3C1OC(=O)C3C2C(=O)OC1(C)C2CC3CC(C2)CC1C3. The van der Waals surface area contributed by atoms with E-state index in [1.807, 2.05) is 6.92 Å². The fourth-order valence-electron chi connectivity index (χ4n) is 8.48. The second kappa shape index (κ2) is 7.62.